The van der Waals surface area contributed by atoms with Gasteiger partial charge in [-0.3, -0.25) is 4.79 Å². The second-order valence-corrected chi connectivity index (χ2v) is 5.75. The van der Waals surface area contributed by atoms with Crippen molar-refractivity contribution in [2.75, 3.05) is 0 Å². The molecule has 0 spiro atoms. The molecule has 1 amide bonds. The maximum atomic E-state index is 12.7. The molecule has 0 radical (unpaired) electrons. The average Bonchev–Trinajstić information content (AvgIpc) is 3.39. The normalized spacial score (nSPS) is 11.0. The van der Waals surface area contributed by atoms with Crippen LogP contribution in [-0.4, -0.2) is 21.9 Å². The van der Waals surface area contributed by atoms with Crippen LogP contribution in [0, 0.1) is 0 Å². The van der Waals surface area contributed by atoms with Crippen molar-refractivity contribution in [1.29, 1.82) is 0 Å². The van der Waals surface area contributed by atoms with Gasteiger partial charge >= 0.3 is 0 Å². The summed E-state index contributed by atoms with van der Waals surface area (Å²) in [6.45, 7) is 0. The molecule has 6 heteroatoms. The summed E-state index contributed by atoms with van der Waals surface area (Å²) in [4.78, 5) is 12.7. The predicted molar refractivity (Wildman–Crippen MR) is 103 cm³/mol. The van der Waals surface area contributed by atoms with E-state index in [9.17, 15) is 4.79 Å². The Morgan fingerprint density at radius 1 is 1.00 bits per heavy atom. The Bertz CT molecular complexity index is 1050. The summed E-state index contributed by atoms with van der Waals surface area (Å²) in [5, 5.41) is 8.57. The molecular formula is C21H16N4O2. The highest BCUT2D eigenvalue weighted by Gasteiger charge is 2.18. The van der Waals surface area contributed by atoms with Crippen LogP contribution in [-0.2, 0) is 0 Å². The van der Waals surface area contributed by atoms with E-state index in [4.69, 9.17) is 4.42 Å². The van der Waals surface area contributed by atoms with E-state index >= 15 is 0 Å². The minimum Gasteiger partial charge on any atom is -0.463 e. The van der Waals surface area contributed by atoms with Gasteiger partial charge in [0.2, 0.25) is 0 Å². The SMILES string of the molecule is O=C(N/N=C\c1ccco1)c1cn(-c2ccccc2)nc1-c1ccccc1. The summed E-state index contributed by atoms with van der Waals surface area (Å²) in [5.41, 5.74) is 5.27. The summed E-state index contributed by atoms with van der Waals surface area (Å²) in [7, 11) is 0. The van der Waals surface area contributed by atoms with Gasteiger partial charge < -0.3 is 4.42 Å². The van der Waals surface area contributed by atoms with Crippen molar-refractivity contribution in [3.05, 3.63) is 96.6 Å². The molecule has 0 unspecified atom stereocenters. The number of hydrazone groups is 1. The molecule has 1 N–H and O–H groups in total. The maximum absolute atomic E-state index is 12.7. The molecule has 4 aromatic rings. The molecule has 0 saturated carbocycles. The lowest BCUT2D eigenvalue weighted by atomic mass is 10.1. The summed E-state index contributed by atoms with van der Waals surface area (Å²) < 4.78 is 6.85. The highest BCUT2D eigenvalue weighted by molar-refractivity contribution is 6.00. The van der Waals surface area contributed by atoms with E-state index in [0.29, 0.717) is 17.0 Å². The Kier molecular flexibility index (Phi) is 4.61. The molecule has 0 aliphatic heterocycles. The van der Waals surface area contributed by atoms with Gasteiger partial charge in [-0.2, -0.15) is 10.2 Å². The number of rotatable bonds is 5. The van der Waals surface area contributed by atoms with Crippen LogP contribution < -0.4 is 5.43 Å². The van der Waals surface area contributed by atoms with Gasteiger partial charge in [-0.25, -0.2) is 10.1 Å². The molecule has 2 heterocycles. The highest BCUT2D eigenvalue weighted by atomic mass is 16.3. The zero-order valence-electron chi connectivity index (χ0n) is 14.3. The lowest BCUT2D eigenvalue weighted by Gasteiger charge is -2.01. The number of para-hydroxylation sites is 1. The number of carbonyl (C=O) groups is 1. The number of benzene rings is 2. The molecule has 0 aliphatic carbocycles. The van der Waals surface area contributed by atoms with Crippen LogP contribution in [0.3, 0.4) is 0 Å². The molecule has 4 rings (SSSR count). The standard InChI is InChI=1S/C21H16N4O2/c26-21(23-22-14-18-12-7-13-27-18)19-15-25(17-10-5-2-6-11-17)24-20(19)16-8-3-1-4-9-16/h1-15H,(H,23,26)/b22-14-. The first kappa shape index (κ1) is 16.5. The van der Waals surface area contributed by atoms with Crippen LogP contribution >= 0.6 is 0 Å². The van der Waals surface area contributed by atoms with Gasteiger partial charge in [0.15, 0.2) is 0 Å². The first-order valence-electron chi connectivity index (χ1n) is 8.39. The van der Waals surface area contributed by atoms with Gasteiger partial charge in [0.25, 0.3) is 5.91 Å². The van der Waals surface area contributed by atoms with Gasteiger partial charge in [0, 0.05) is 11.8 Å². The van der Waals surface area contributed by atoms with Crippen LogP contribution in [0.5, 0.6) is 0 Å². The highest BCUT2D eigenvalue weighted by Crippen LogP contribution is 2.23. The van der Waals surface area contributed by atoms with Gasteiger partial charge in [-0.1, -0.05) is 48.5 Å². The van der Waals surface area contributed by atoms with E-state index < -0.39 is 0 Å². The number of furan rings is 1. The van der Waals surface area contributed by atoms with Crippen LogP contribution in [0.25, 0.3) is 16.9 Å². The quantitative estimate of drug-likeness (QED) is 0.435. The second-order valence-electron chi connectivity index (χ2n) is 5.75. The third-order valence-corrected chi connectivity index (χ3v) is 3.93. The number of nitrogens with one attached hydrogen (secondary N) is 1. The summed E-state index contributed by atoms with van der Waals surface area (Å²) in [5.74, 6) is 0.206. The van der Waals surface area contributed by atoms with Crippen molar-refractivity contribution in [2.45, 2.75) is 0 Å². The lowest BCUT2D eigenvalue weighted by molar-refractivity contribution is 0.0955. The molecule has 6 nitrogen and oxygen atoms in total. The van der Waals surface area contributed by atoms with Gasteiger partial charge in [-0.15, -0.1) is 0 Å². The molecule has 2 aromatic carbocycles. The third kappa shape index (κ3) is 3.69. The second kappa shape index (κ2) is 7.53. The Morgan fingerprint density at radius 3 is 2.44 bits per heavy atom. The molecule has 0 saturated heterocycles. The molecule has 2 aromatic heterocycles. The fraction of sp³-hybridized carbons (Fsp3) is 0. The molecular weight excluding hydrogens is 340 g/mol. The first-order chi connectivity index (χ1) is 13.3. The summed E-state index contributed by atoms with van der Waals surface area (Å²) >= 11 is 0. The number of hydrogen-bond acceptors (Lipinski definition) is 4. The average molecular weight is 356 g/mol. The fourth-order valence-corrected chi connectivity index (χ4v) is 2.64. The minimum absolute atomic E-state index is 0.348. The number of aromatic nitrogens is 2. The van der Waals surface area contributed by atoms with Gasteiger partial charge in [-0.05, 0) is 24.3 Å². The first-order valence-corrected chi connectivity index (χ1v) is 8.39. The predicted octanol–water partition coefficient (Wildman–Crippen LogP) is 3.90. The number of nitrogens with zero attached hydrogens (tertiary/aromatic N) is 3. The van der Waals surface area contributed by atoms with Crippen molar-refractivity contribution in [1.82, 2.24) is 15.2 Å². The van der Waals surface area contributed by atoms with Crippen LogP contribution in [0.2, 0.25) is 0 Å². The smallest absolute Gasteiger partial charge is 0.275 e. The van der Waals surface area contributed by atoms with Crippen molar-refractivity contribution in [2.24, 2.45) is 5.10 Å². The Balaban J connectivity index is 1.67. The third-order valence-electron chi connectivity index (χ3n) is 3.93. The number of hydrogen-bond donors (Lipinski definition) is 1. The zero-order chi connectivity index (χ0) is 18.5. The zero-order valence-corrected chi connectivity index (χ0v) is 14.3. The topological polar surface area (TPSA) is 72.4 Å². The largest absolute Gasteiger partial charge is 0.463 e. The lowest BCUT2D eigenvalue weighted by Crippen LogP contribution is -2.17. The van der Waals surface area contributed by atoms with E-state index in [2.05, 4.69) is 15.6 Å². The van der Waals surface area contributed by atoms with Crippen molar-refractivity contribution >= 4 is 12.1 Å². The van der Waals surface area contributed by atoms with E-state index in [1.54, 1.807) is 29.3 Å². The van der Waals surface area contributed by atoms with E-state index in [0.717, 1.165) is 11.3 Å². The number of carbonyl (C=O) groups excluding carboxylic acids is 1. The van der Waals surface area contributed by atoms with Gasteiger partial charge in [0.05, 0.1) is 23.7 Å². The van der Waals surface area contributed by atoms with Gasteiger partial charge in [0.1, 0.15) is 11.5 Å². The summed E-state index contributed by atoms with van der Waals surface area (Å²) in [6.07, 6.45) is 4.69. The molecule has 0 fully saturated rings. The number of amides is 1. The van der Waals surface area contributed by atoms with Crippen molar-refractivity contribution in [3.63, 3.8) is 0 Å². The van der Waals surface area contributed by atoms with Crippen LogP contribution in [0.4, 0.5) is 0 Å². The van der Waals surface area contributed by atoms with Crippen molar-refractivity contribution < 1.29 is 9.21 Å². The Hall–Kier alpha value is -3.93. The van der Waals surface area contributed by atoms with Crippen LogP contribution in [0.1, 0.15) is 16.1 Å². The molecule has 0 atom stereocenters. The van der Waals surface area contributed by atoms with E-state index in [1.807, 2.05) is 60.7 Å². The van der Waals surface area contributed by atoms with E-state index in [1.165, 1.54) is 6.21 Å². The summed E-state index contributed by atoms with van der Waals surface area (Å²) in [6, 6.07) is 22.7. The molecule has 27 heavy (non-hydrogen) atoms. The van der Waals surface area contributed by atoms with E-state index in [-0.39, 0.29) is 5.91 Å². The molecule has 0 bridgehead atoms. The Morgan fingerprint density at radius 2 is 1.74 bits per heavy atom. The van der Waals surface area contributed by atoms with Crippen molar-refractivity contribution in [3.8, 4) is 16.9 Å². The maximum Gasteiger partial charge on any atom is 0.275 e. The fourth-order valence-electron chi connectivity index (χ4n) is 2.64. The Labute approximate surface area is 155 Å². The monoisotopic (exact) mass is 356 g/mol. The van der Waals surface area contributed by atoms with Crippen LogP contribution in [0.15, 0.2) is 94.8 Å². The molecule has 0 aliphatic rings. The molecule has 132 valence electrons. The minimum atomic E-state index is -0.348.